The number of anilines is 1. The molecule has 116 valence electrons. The van der Waals surface area contributed by atoms with Crippen LogP contribution >= 0.6 is 11.6 Å². The van der Waals surface area contributed by atoms with E-state index in [1.165, 1.54) is 0 Å². The number of hydrogen-bond acceptors (Lipinski definition) is 2. The van der Waals surface area contributed by atoms with Crippen molar-refractivity contribution in [3.8, 4) is 5.69 Å². The molecule has 0 unspecified atom stereocenters. The number of imidazole rings is 1. The second-order valence-electron chi connectivity index (χ2n) is 4.72. The fourth-order valence-electron chi connectivity index (χ4n) is 2.02. The highest BCUT2D eigenvalue weighted by Crippen LogP contribution is 2.21. The lowest BCUT2D eigenvalue weighted by Gasteiger charge is -2.08. The van der Waals surface area contributed by atoms with Gasteiger partial charge in [-0.2, -0.15) is 0 Å². The topological polar surface area (TPSA) is 46.9 Å². The van der Waals surface area contributed by atoms with Crippen LogP contribution < -0.4 is 5.32 Å². The Morgan fingerprint density at radius 1 is 1.13 bits per heavy atom. The second kappa shape index (κ2) is 6.18. The molecule has 1 amide bonds. The van der Waals surface area contributed by atoms with E-state index < -0.39 is 23.1 Å². The smallest absolute Gasteiger partial charge is 0.258 e. The predicted octanol–water partition coefficient (Wildman–Crippen LogP) is 4.06. The molecule has 0 saturated heterocycles. The molecule has 23 heavy (non-hydrogen) atoms. The van der Waals surface area contributed by atoms with Crippen LogP contribution in [0.5, 0.6) is 0 Å². The van der Waals surface area contributed by atoms with Gasteiger partial charge in [0.1, 0.15) is 11.6 Å². The van der Waals surface area contributed by atoms with Gasteiger partial charge in [-0.3, -0.25) is 4.79 Å². The lowest BCUT2D eigenvalue weighted by Crippen LogP contribution is -2.14. The maximum atomic E-state index is 13.7. The average molecular weight is 334 g/mol. The van der Waals surface area contributed by atoms with Crippen LogP contribution in [-0.4, -0.2) is 15.5 Å². The molecule has 1 aromatic heterocycles. The average Bonchev–Trinajstić information content (AvgIpc) is 3.06. The van der Waals surface area contributed by atoms with E-state index in [4.69, 9.17) is 11.6 Å². The van der Waals surface area contributed by atoms with Crippen molar-refractivity contribution < 1.29 is 13.6 Å². The fourth-order valence-corrected chi connectivity index (χ4v) is 2.17. The molecule has 0 aliphatic carbocycles. The summed E-state index contributed by atoms with van der Waals surface area (Å²) < 4.78 is 28.9. The summed E-state index contributed by atoms with van der Waals surface area (Å²) in [5, 5.41) is 2.13. The van der Waals surface area contributed by atoms with E-state index in [2.05, 4.69) is 10.3 Å². The molecule has 0 bridgehead atoms. The first-order valence-corrected chi connectivity index (χ1v) is 6.96. The summed E-state index contributed by atoms with van der Waals surface area (Å²) in [6.07, 6.45) is 5.06. The number of carbonyl (C=O) groups is 1. The van der Waals surface area contributed by atoms with Crippen molar-refractivity contribution in [2.45, 2.75) is 0 Å². The quantitative estimate of drug-likeness (QED) is 0.735. The highest BCUT2D eigenvalue weighted by molar-refractivity contribution is 6.30. The van der Waals surface area contributed by atoms with Gasteiger partial charge in [-0.25, -0.2) is 13.8 Å². The summed E-state index contributed by atoms with van der Waals surface area (Å²) in [5.41, 5.74) is 0.892. The normalized spacial score (nSPS) is 10.6. The minimum Gasteiger partial charge on any atom is -0.322 e. The number of hydrogen-bond donors (Lipinski definition) is 1. The SMILES string of the molecule is O=C(Nc1ccc(-n2ccnc2)cc1)c1cc(F)c(Cl)cc1F. The number of benzene rings is 2. The molecule has 0 aliphatic heterocycles. The number of halogens is 3. The van der Waals surface area contributed by atoms with Crippen molar-refractivity contribution in [2.75, 3.05) is 5.32 Å². The van der Waals surface area contributed by atoms with E-state index in [1.807, 2.05) is 0 Å². The maximum Gasteiger partial charge on any atom is 0.258 e. The van der Waals surface area contributed by atoms with Gasteiger partial charge in [0.25, 0.3) is 5.91 Å². The first kappa shape index (κ1) is 15.2. The summed E-state index contributed by atoms with van der Waals surface area (Å²) in [7, 11) is 0. The molecule has 7 heteroatoms. The van der Waals surface area contributed by atoms with Gasteiger partial charge in [-0.1, -0.05) is 11.6 Å². The van der Waals surface area contributed by atoms with E-state index >= 15 is 0 Å². The van der Waals surface area contributed by atoms with Gasteiger partial charge in [0, 0.05) is 23.8 Å². The number of nitrogens with zero attached hydrogens (tertiary/aromatic N) is 2. The summed E-state index contributed by atoms with van der Waals surface area (Å²) in [4.78, 5) is 16.0. The Morgan fingerprint density at radius 2 is 1.87 bits per heavy atom. The zero-order chi connectivity index (χ0) is 16.4. The van der Waals surface area contributed by atoms with E-state index in [0.717, 1.165) is 17.8 Å². The van der Waals surface area contributed by atoms with Crippen molar-refractivity contribution in [3.05, 3.63) is 77.3 Å². The fraction of sp³-hybridized carbons (Fsp3) is 0. The molecular weight excluding hydrogens is 324 g/mol. The molecule has 0 fully saturated rings. The lowest BCUT2D eigenvalue weighted by molar-refractivity contribution is 0.102. The van der Waals surface area contributed by atoms with E-state index in [1.54, 1.807) is 47.6 Å². The number of amides is 1. The Bertz CT molecular complexity index is 849. The standard InChI is InChI=1S/C16H10ClF2N3O/c17-13-8-14(18)12(7-15(13)19)16(23)21-10-1-3-11(4-2-10)22-6-5-20-9-22/h1-9H,(H,21,23). The van der Waals surface area contributed by atoms with Crippen LogP contribution in [0.3, 0.4) is 0 Å². The minimum absolute atomic E-state index is 0.372. The van der Waals surface area contributed by atoms with Gasteiger partial charge >= 0.3 is 0 Å². The summed E-state index contributed by atoms with van der Waals surface area (Å²) >= 11 is 5.46. The number of carbonyl (C=O) groups excluding carboxylic acids is 1. The van der Waals surface area contributed by atoms with Gasteiger partial charge < -0.3 is 9.88 Å². The summed E-state index contributed by atoms with van der Waals surface area (Å²) in [6, 6.07) is 8.36. The zero-order valence-corrected chi connectivity index (χ0v) is 12.4. The van der Waals surface area contributed by atoms with E-state index in [-0.39, 0.29) is 5.02 Å². The van der Waals surface area contributed by atoms with Crippen LogP contribution in [0.15, 0.2) is 55.1 Å². The van der Waals surface area contributed by atoms with Crippen molar-refractivity contribution >= 4 is 23.2 Å². The Hall–Kier alpha value is -2.73. The van der Waals surface area contributed by atoms with Crippen LogP contribution in [0.2, 0.25) is 5.02 Å². The lowest BCUT2D eigenvalue weighted by atomic mass is 10.2. The van der Waals surface area contributed by atoms with Crippen molar-refractivity contribution in [1.82, 2.24) is 9.55 Å². The van der Waals surface area contributed by atoms with Crippen LogP contribution in [-0.2, 0) is 0 Å². The summed E-state index contributed by atoms with van der Waals surface area (Å²) in [5.74, 6) is -2.49. The van der Waals surface area contributed by atoms with E-state index in [9.17, 15) is 13.6 Å². The largest absolute Gasteiger partial charge is 0.322 e. The highest BCUT2D eigenvalue weighted by atomic mass is 35.5. The molecule has 3 rings (SSSR count). The molecule has 0 aliphatic rings. The van der Waals surface area contributed by atoms with Crippen molar-refractivity contribution in [1.29, 1.82) is 0 Å². The highest BCUT2D eigenvalue weighted by Gasteiger charge is 2.15. The number of rotatable bonds is 3. The Kier molecular flexibility index (Phi) is 4.08. The summed E-state index contributed by atoms with van der Waals surface area (Å²) in [6.45, 7) is 0. The van der Waals surface area contributed by atoms with Crippen molar-refractivity contribution in [2.24, 2.45) is 0 Å². The predicted molar refractivity (Wildman–Crippen MR) is 82.9 cm³/mol. The molecule has 1 heterocycles. The van der Waals surface area contributed by atoms with Gasteiger partial charge in [-0.15, -0.1) is 0 Å². The molecule has 0 atom stereocenters. The maximum absolute atomic E-state index is 13.7. The van der Waals surface area contributed by atoms with E-state index in [0.29, 0.717) is 5.69 Å². The molecule has 1 N–H and O–H groups in total. The molecule has 0 radical (unpaired) electrons. The minimum atomic E-state index is -0.885. The molecule has 4 nitrogen and oxygen atoms in total. The molecule has 3 aromatic rings. The number of aromatic nitrogens is 2. The Morgan fingerprint density at radius 3 is 2.52 bits per heavy atom. The first-order chi connectivity index (χ1) is 11.0. The Labute approximate surface area is 135 Å². The third kappa shape index (κ3) is 3.22. The molecule has 0 spiro atoms. The van der Waals surface area contributed by atoms with Gasteiger partial charge in [0.05, 0.1) is 16.9 Å². The van der Waals surface area contributed by atoms with Crippen molar-refractivity contribution in [3.63, 3.8) is 0 Å². The first-order valence-electron chi connectivity index (χ1n) is 6.59. The monoisotopic (exact) mass is 333 g/mol. The van der Waals surface area contributed by atoms with Gasteiger partial charge in [-0.05, 0) is 36.4 Å². The van der Waals surface area contributed by atoms with Gasteiger partial charge in [0.2, 0.25) is 0 Å². The van der Waals surface area contributed by atoms with Crippen LogP contribution in [0.25, 0.3) is 5.69 Å². The van der Waals surface area contributed by atoms with Crippen LogP contribution in [0.1, 0.15) is 10.4 Å². The van der Waals surface area contributed by atoms with Crippen LogP contribution in [0, 0.1) is 11.6 Å². The second-order valence-corrected chi connectivity index (χ2v) is 5.12. The zero-order valence-electron chi connectivity index (χ0n) is 11.6. The third-order valence-electron chi connectivity index (χ3n) is 3.18. The van der Waals surface area contributed by atoms with Crippen LogP contribution in [0.4, 0.5) is 14.5 Å². The number of nitrogens with one attached hydrogen (secondary N) is 1. The third-order valence-corrected chi connectivity index (χ3v) is 3.47. The molecular formula is C16H10ClF2N3O. The molecule has 2 aromatic carbocycles. The van der Waals surface area contributed by atoms with Gasteiger partial charge in [0.15, 0.2) is 0 Å². The molecule has 0 saturated carbocycles. The Balaban J connectivity index is 1.79.